The monoisotopic (exact) mass is 402 g/mol. The van der Waals surface area contributed by atoms with Crippen molar-refractivity contribution in [1.82, 2.24) is 9.88 Å². The van der Waals surface area contributed by atoms with E-state index in [4.69, 9.17) is 4.74 Å². The highest BCUT2D eigenvalue weighted by Crippen LogP contribution is 2.39. The van der Waals surface area contributed by atoms with Gasteiger partial charge in [0.25, 0.3) is 0 Å². The number of benzene rings is 3. The molecule has 0 saturated carbocycles. The number of aromatic nitrogens is 1. The van der Waals surface area contributed by atoms with E-state index in [1.165, 1.54) is 23.1 Å². The van der Waals surface area contributed by atoms with Crippen LogP contribution in [0.2, 0.25) is 0 Å². The van der Waals surface area contributed by atoms with E-state index in [1.54, 1.807) is 19.2 Å². The average Bonchev–Trinajstić information content (AvgIpc) is 3.13. The van der Waals surface area contributed by atoms with Crippen LogP contribution >= 0.6 is 0 Å². The molecule has 0 saturated heterocycles. The van der Waals surface area contributed by atoms with Crippen molar-refractivity contribution in [2.45, 2.75) is 19.0 Å². The van der Waals surface area contributed by atoms with Crippen LogP contribution in [-0.2, 0) is 13.0 Å². The van der Waals surface area contributed by atoms with Crippen LogP contribution in [0.5, 0.6) is 11.5 Å². The molecule has 0 amide bonds. The zero-order valence-electron chi connectivity index (χ0n) is 16.7. The predicted octanol–water partition coefficient (Wildman–Crippen LogP) is 5.17. The summed E-state index contributed by atoms with van der Waals surface area (Å²) in [7, 11) is 1.54. The zero-order chi connectivity index (χ0) is 20.7. The fraction of sp³-hybridized carbons (Fsp3) is 0.200. The van der Waals surface area contributed by atoms with Crippen molar-refractivity contribution >= 4 is 10.9 Å². The minimum atomic E-state index is -0.238. The molecule has 2 heterocycles. The molecule has 152 valence electrons. The van der Waals surface area contributed by atoms with E-state index in [1.807, 2.05) is 24.3 Å². The molecule has 0 fully saturated rings. The van der Waals surface area contributed by atoms with Gasteiger partial charge < -0.3 is 14.8 Å². The predicted molar refractivity (Wildman–Crippen MR) is 115 cm³/mol. The number of halogens is 1. The number of rotatable bonds is 4. The van der Waals surface area contributed by atoms with Crippen molar-refractivity contribution in [1.29, 1.82) is 0 Å². The van der Waals surface area contributed by atoms with Gasteiger partial charge in [0.15, 0.2) is 11.5 Å². The van der Waals surface area contributed by atoms with Gasteiger partial charge in [0.1, 0.15) is 5.82 Å². The Bertz CT molecular complexity index is 1200. The molecule has 1 aliphatic rings. The van der Waals surface area contributed by atoms with Crippen LogP contribution in [0.3, 0.4) is 0 Å². The van der Waals surface area contributed by atoms with Gasteiger partial charge in [0, 0.05) is 29.7 Å². The maximum absolute atomic E-state index is 13.6. The molecule has 0 aliphatic carbocycles. The van der Waals surface area contributed by atoms with Crippen LogP contribution in [0.1, 0.15) is 28.4 Å². The lowest BCUT2D eigenvalue weighted by Gasteiger charge is -2.36. The summed E-state index contributed by atoms with van der Waals surface area (Å²) < 4.78 is 18.8. The minimum absolute atomic E-state index is 0.0222. The van der Waals surface area contributed by atoms with Crippen LogP contribution in [-0.4, -0.2) is 28.6 Å². The van der Waals surface area contributed by atoms with Crippen LogP contribution in [0, 0.1) is 5.82 Å². The highest BCUT2D eigenvalue weighted by molar-refractivity contribution is 5.85. The van der Waals surface area contributed by atoms with E-state index in [0.29, 0.717) is 12.3 Å². The number of para-hydroxylation sites is 1. The summed E-state index contributed by atoms with van der Waals surface area (Å²) >= 11 is 0. The Morgan fingerprint density at radius 2 is 1.90 bits per heavy atom. The molecule has 1 aromatic heterocycles. The fourth-order valence-corrected chi connectivity index (χ4v) is 4.55. The third-order valence-electron chi connectivity index (χ3n) is 5.95. The Labute approximate surface area is 174 Å². The quantitative estimate of drug-likeness (QED) is 0.495. The van der Waals surface area contributed by atoms with Crippen LogP contribution in [0.15, 0.2) is 66.7 Å². The molecule has 0 spiro atoms. The number of methoxy groups -OCH3 is 1. The molecule has 0 unspecified atom stereocenters. The van der Waals surface area contributed by atoms with Gasteiger partial charge in [-0.15, -0.1) is 0 Å². The average molecular weight is 402 g/mol. The molecule has 30 heavy (non-hydrogen) atoms. The molecular formula is C25H23FN2O2. The summed E-state index contributed by atoms with van der Waals surface area (Å²) in [6, 6.07) is 20.6. The van der Waals surface area contributed by atoms with Gasteiger partial charge in [-0.2, -0.15) is 0 Å². The minimum Gasteiger partial charge on any atom is -0.504 e. The molecule has 1 aliphatic heterocycles. The van der Waals surface area contributed by atoms with E-state index in [0.717, 1.165) is 35.3 Å². The summed E-state index contributed by atoms with van der Waals surface area (Å²) in [6.45, 7) is 1.53. The Kier molecular flexibility index (Phi) is 4.68. The first-order valence-electron chi connectivity index (χ1n) is 10.1. The molecule has 5 heteroatoms. The molecule has 0 bridgehead atoms. The standard InChI is InChI=1S/C25H23FN2O2/c1-30-23-11-6-16(14-22(23)29)15-28-13-12-20-19-4-2-3-5-21(19)27-24(20)25(28)17-7-9-18(26)10-8-17/h2-11,14,25,27,29H,12-13,15H2,1H3/t25-/m0/s1. The van der Waals surface area contributed by atoms with E-state index in [9.17, 15) is 9.50 Å². The first kappa shape index (κ1) is 18.7. The highest BCUT2D eigenvalue weighted by atomic mass is 19.1. The SMILES string of the molecule is COc1ccc(CN2CCc3c([nH]c4ccccc34)[C@@H]2c2ccc(F)cc2)cc1O. The Hall–Kier alpha value is -3.31. The first-order chi connectivity index (χ1) is 14.6. The van der Waals surface area contributed by atoms with Crippen molar-refractivity contribution < 1.29 is 14.2 Å². The summed E-state index contributed by atoms with van der Waals surface area (Å²) in [6.07, 6.45) is 0.930. The van der Waals surface area contributed by atoms with Crippen LogP contribution < -0.4 is 4.74 Å². The zero-order valence-corrected chi connectivity index (χ0v) is 16.7. The number of hydrogen-bond donors (Lipinski definition) is 2. The number of nitrogens with zero attached hydrogens (tertiary/aromatic N) is 1. The second-order valence-corrected chi connectivity index (χ2v) is 7.74. The highest BCUT2D eigenvalue weighted by Gasteiger charge is 2.31. The van der Waals surface area contributed by atoms with Gasteiger partial charge in [0.05, 0.1) is 13.2 Å². The maximum Gasteiger partial charge on any atom is 0.160 e. The van der Waals surface area contributed by atoms with Gasteiger partial charge in [-0.25, -0.2) is 4.39 Å². The molecule has 1 atom stereocenters. The molecular weight excluding hydrogens is 379 g/mol. The third-order valence-corrected chi connectivity index (χ3v) is 5.95. The third kappa shape index (κ3) is 3.21. The number of hydrogen-bond acceptors (Lipinski definition) is 3. The number of phenolic OH excluding ortho intramolecular Hbond substituents is 1. The van der Waals surface area contributed by atoms with Gasteiger partial charge >= 0.3 is 0 Å². The fourth-order valence-electron chi connectivity index (χ4n) is 4.55. The number of ether oxygens (including phenoxy) is 1. The second kappa shape index (κ2) is 7.50. The van der Waals surface area contributed by atoms with Gasteiger partial charge in [0.2, 0.25) is 0 Å². The van der Waals surface area contributed by atoms with E-state index in [2.05, 4.69) is 28.1 Å². The van der Waals surface area contributed by atoms with E-state index >= 15 is 0 Å². The van der Waals surface area contributed by atoms with E-state index < -0.39 is 0 Å². The molecule has 4 aromatic rings. The molecule has 4 nitrogen and oxygen atoms in total. The molecule has 2 N–H and O–H groups in total. The summed E-state index contributed by atoms with van der Waals surface area (Å²) in [5.41, 5.74) is 5.65. The Balaban J connectivity index is 1.58. The smallest absolute Gasteiger partial charge is 0.160 e. The van der Waals surface area contributed by atoms with Crippen molar-refractivity contribution in [3.8, 4) is 11.5 Å². The Morgan fingerprint density at radius 3 is 2.67 bits per heavy atom. The van der Waals surface area contributed by atoms with Crippen molar-refractivity contribution in [3.63, 3.8) is 0 Å². The lowest BCUT2D eigenvalue weighted by atomic mass is 9.92. The summed E-state index contributed by atoms with van der Waals surface area (Å²) in [5.74, 6) is 0.361. The molecule has 0 radical (unpaired) electrons. The Morgan fingerprint density at radius 1 is 1.10 bits per heavy atom. The van der Waals surface area contributed by atoms with Gasteiger partial charge in [-0.3, -0.25) is 4.90 Å². The number of aromatic amines is 1. The molecule has 3 aromatic carbocycles. The normalized spacial score (nSPS) is 16.5. The number of aromatic hydroxyl groups is 1. The van der Waals surface area contributed by atoms with Gasteiger partial charge in [-0.05, 0) is 53.4 Å². The lowest BCUT2D eigenvalue weighted by molar-refractivity contribution is 0.201. The number of nitrogens with one attached hydrogen (secondary N) is 1. The largest absolute Gasteiger partial charge is 0.504 e. The van der Waals surface area contributed by atoms with Crippen molar-refractivity contribution in [2.75, 3.05) is 13.7 Å². The first-order valence-corrected chi connectivity index (χ1v) is 10.1. The summed E-state index contributed by atoms with van der Waals surface area (Å²) in [5, 5.41) is 11.4. The summed E-state index contributed by atoms with van der Waals surface area (Å²) in [4.78, 5) is 5.99. The topological polar surface area (TPSA) is 48.5 Å². The lowest BCUT2D eigenvalue weighted by Crippen LogP contribution is -2.35. The molecule has 5 rings (SSSR count). The van der Waals surface area contributed by atoms with E-state index in [-0.39, 0.29) is 17.6 Å². The van der Waals surface area contributed by atoms with Crippen LogP contribution in [0.25, 0.3) is 10.9 Å². The van der Waals surface area contributed by atoms with Crippen molar-refractivity contribution in [3.05, 3.63) is 94.9 Å². The van der Waals surface area contributed by atoms with Gasteiger partial charge in [-0.1, -0.05) is 36.4 Å². The number of H-pyrrole nitrogens is 1. The number of fused-ring (bicyclic) bond motifs is 3. The maximum atomic E-state index is 13.6. The van der Waals surface area contributed by atoms with Crippen LogP contribution in [0.4, 0.5) is 4.39 Å². The number of phenols is 1. The second-order valence-electron chi connectivity index (χ2n) is 7.74. The van der Waals surface area contributed by atoms with Crippen molar-refractivity contribution in [2.24, 2.45) is 0 Å².